The summed E-state index contributed by atoms with van der Waals surface area (Å²) in [5, 5.41) is 20.1. The molecule has 6 heteroatoms. The minimum absolute atomic E-state index is 0.173. The van der Waals surface area contributed by atoms with Crippen LogP contribution >= 0.6 is 0 Å². The Morgan fingerprint density at radius 3 is 2.70 bits per heavy atom. The first-order chi connectivity index (χ1) is 11.1. The van der Waals surface area contributed by atoms with Gasteiger partial charge in [0.2, 0.25) is 0 Å². The second kappa shape index (κ2) is 6.83. The maximum Gasteiger partial charge on any atom is 0.147 e. The number of β-amino-alcohol motifs (C(OH)–C–C–N with tert-alkyl or cyclic N) is 1. The Hall–Kier alpha value is -1.68. The Balaban J connectivity index is 1.76. The predicted molar refractivity (Wildman–Crippen MR) is 87.4 cm³/mol. The first-order valence-corrected chi connectivity index (χ1v) is 8.23. The normalized spacial score (nSPS) is 26.1. The molecular weight excluding hydrogens is 292 g/mol. The van der Waals surface area contributed by atoms with Crippen molar-refractivity contribution >= 4 is 5.82 Å². The third-order valence-electron chi connectivity index (χ3n) is 4.80. The maximum absolute atomic E-state index is 10.6. The van der Waals surface area contributed by atoms with E-state index in [4.69, 9.17) is 4.74 Å². The van der Waals surface area contributed by atoms with E-state index < -0.39 is 6.10 Å². The number of aliphatic hydroxyl groups is 1. The van der Waals surface area contributed by atoms with Crippen molar-refractivity contribution in [3.8, 4) is 6.07 Å². The largest absolute Gasteiger partial charge is 0.390 e. The molecular formula is C17H24N4O2. The van der Waals surface area contributed by atoms with Crippen LogP contribution in [0.2, 0.25) is 0 Å². The zero-order valence-corrected chi connectivity index (χ0v) is 13.8. The van der Waals surface area contributed by atoms with Crippen molar-refractivity contribution in [2.75, 3.05) is 44.3 Å². The van der Waals surface area contributed by atoms with Gasteiger partial charge in [0.25, 0.3) is 0 Å². The number of morpholine rings is 1. The lowest BCUT2D eigenvalue weighted by Gasteiger charge is -2.43. The molecule has 2 aliphatic rings. The fraction of sp³-hybridized carbons (Fsp3) is 0.647. The number of piperidine rings is 1. The first-order valence-electron chi connectivity index (χ1n) is 8.23. The van der Waals surface area contributed by atoms with Crippen LogP contribution in [0, 0.1) is 25.2 Å². The van der Waals surface area contributed by atoms with Gasteiger partial charge in [-0.05, 0) is 31.9 Å². The lowest BCUT2D eigenvalue weighted by Crippen LogP contribution is -2.57. The number of rotatable bonds is 2. The number of hydrogen-bond acceptors (Lipinski definition) is 6. The van der Waals surface area contributed by atoms with Crippen LogP contribution in [-0.2, 0) is 4.74 Å². The monoisotopic (exact) mass is 316 g/mol. The summed E-state index contributed by atoms with van der Waals surface area (Å²) < 4.78 is 5.39. The Bertz CT molecular complexity index is 607. The van der Waals surface area contributed by atoms with E-state index in [1.54, 1.807) is 0 Å². The molecule has 0 aromatic carbocycles. The van der Waals surface area contributed by atoms with Crippen LogP contribution in [-0.4, -0.2) is 66.5 Å². The van der Waals surface area contributed by atoms with Crippen LogP contribution < -0.4 is 4.90 Å². The van der Waals surface area contributed by atoms with Crippen molar-refractivity contribution in [1.82, 2.24) is 9.88 Å². The number of pyridine rings is 1. The van der Waals surface area contributed by atoms with E-state index in [9.17, 15) is 10.4 Å². The Kier molecular flexibility index (Phi) is 4.81. The molecule has 23 heavy (non-hydrogen) atoms. The topological polar surface area (TPSA) is 72.6 Å². The smallest absolute Gasteiger partial charge is 0.147 e. The molecule has 1 N–H and O–H groups in total. The molecule has 0 aliphatic carbocycles. The molecule has 0 amide bonds. The minimum Gasteiger partial charge on any atom is -0.390 e. The number of aromatic nitrogens is 1. The van der Waals surface area contributed by atoms with Gasteiger partial charge in [-0.1, -0.05) is 0 Å². The van der Waals surface area contributed by atoms with E-state index in [1.165, 1.54) is 0 Å². The van der Waals surface area contributed by atoms with Crippen LogP contribution in [0.15, 0.2) is 6.07 Å². The van der Waals surface area contributed by atoms with E-state index in [1.807, 2.05) is 19.9 Å². The number of nitriles is 1. The van der Waals surface area contributed by atoms with Crippen LogP contribution in [0.5, 0.6) is 0 Å². The van der Waals surface area contributed by atoms with E-state index in [0.29, 0.717) is 17.9 Å². The third-order valence-corrected chi connectivity index (χ3v) is 4.80. The van der Waals surface area contributed by atoms with Crippen molar-refractivity contribution in [1.29, 1.82) is 5.26 Å². The van der Waals surface area contributed by atoms with Crippen molar-refractivity contribution in [3.63, 3.8) is 0 Å². The van der Waals surface area contributed by atoms with Crippen molar-refractivity contribution in [2.24, 2.45) is 0 Å². The Labute approximate surface area is 137 Å². The summed E-state index contributed by atoms with van der Waals surface area (Å²) in [6.45, 7) is 8.45. The van der Waals surface area contributed by atoms with Crippen LogP contribution in [0.25, 0.3) is 0 Å². The van der Waals surface area contributed by atoms with E-state index >= 15 is 0 Å². The number of aryl methyl sites for hydroxylation is 2. The number of ether oxygens (including phenoxy) is 1. The molecule has 1 aromatic rings. The van der Waals surface area contributed by atoms with Crippen LogP contribution in [0.3, 0.4) is 0 Å². The molecule has 0 saturated carbocycles. The fourth-order valence-electron chi connectivity index (χ4n) is 3.63. The summed E-state index contributed by atoms with van der Waals surface area (Å²) in [6.07, 6.45) is 0.441. The quantitative estimate of drug-likeness (QED) is 0.872. The molecule has 2 aliphatic heterocycles. The van der Waals surface area contributed by atoms with Crippen molar-refractivity contribution < 1.29 is 9.84 Å². The number of aliphatic hydroxyl groups excluding tert-OH is 1. The average molecular weight is 316 g/mol. The van der Waals surface area contributed by atoms with E-state index in [-0.39, 0.29) is 6.04 Å². The van der Waals surface area contributed by atoms with Gasteiger partial charge in [-0.2, -0.15) is 5.26 Å². The standard InChI is InChI=1S/C17H24N4O2/c1-12-9-13(2)19-17(14(12)10-18)21-4-3-15(16(22)11-21)20-5-7-23-8-6-20/h9,15-16,22H,3-8,11H2,1-2H3/t15-,16-/m0/s1. The van der Waals surface area contributed by atoms with E-state index in [2.05, 4.69) is 20.9 Å². The third kappa shape index (κ3) is 3.32. The molecule has 124 valence electrons. The molecule has 2 fully saturated rings. The first kappa shape index (κ1) is 16.2. The number of anilines is 1. The summed E-state index contributed by atoms with van der Waals surface area (Å²) >= 11 is 0. The highest BCUT2D eigenvalue weighted by Gasteiger charge is 2.34. The van der Waals surface area contributed by atoms with Crippen LogP contribution in [0.4, 0.5) is 5.82 Å². The summed E-state index contributed by atoms with van der Waals surface area (Å²) in [5.41, 5.74) is 2.47. The minimum atomic E-state index is -0.434. The molecule has 0 unspecified atom stereocenters. The van der Waals surface area contributed by atoms with Gasteiger partial charge >= 0.3 is 0 Å². The van der Waals surface area contributed by atoms with Gasteiger partial charge in [-0.25, -0.2) is 4.98 Å². The highest BCUT2D eigenvalue weighted by molar-refractivity contribution is 5.58. The lowest BCUT2D eigenvalue weighted by atomic mass is 9.98. The second-order valence-electron chi connectivity index (χ2n) is 6.41. The average Bonchev–Trinajstić information content (AvgIpc) is 2.55. The molecule has 1 aromatic heterocycles. The summed E-state index contributed by atoms with van der Waals surface area (Å²) in [7, 11) is 0. The Morgan fingerprint density at radius 1 is 1.30 bits per heavy atom. The van der Waals surface area contributed by atoms with Gasteiger partial charge in [-0.3, -0.25) is 4.90 Å². The molecule has 3 heterocycles. The van der Waals surface area contributed by atoms with Gasteiger partial charge in [0, 0.05) is 37.9 Å². The summed E-state index contributed by atoms with van der Waals surface area (Å²) in [5.74, 6) is 0.712. The van der Waals surface area contributed by atoms with Gasteiger partial charge in [0.1, 0.15) is 11.9 Å². The SMILES string of the molecule is Cc1cc(C)c(C#N)c(N2CC[C@H](N3CCOCC3)[C@@H](O)C2)n1. The maximum atomic E-state index is 10.6. The number of nitrogens with zero attached hydrogens (tertiary/aromatic N) is 4. The van der Waals surface area contributed by atoms with E-state index in [0.717, 1.165) is 50.5 Å². The zero-order chi connectivity index (χ0) is 16.4. The predicted octanol–water partition coefficient (Wildman–Crippen LogP) is 0.842. The highest BCUT2D eigenvalue weighted by atomic mass is 16.5. The molecule has 3 rings (SSSR count). The van der Waals surface area contributed by atoms with Gasteiger partial charge in [0.05, 0.1) is 24.9 Å². The molecule has 2 atom stereocenters. The molecule has 0 radical (unpaired) electrons. The highest BCUT2D eigenvalue weighted by Crippen LogP contribution is 2.27. The van der Waals surface area contributed by atoms with Gasteiger partial charge in [-0.15, -0.1) is 0 Å². The Morgan fingerprint density at radius 2 is 2.04 bits per heavy atom. The van der Waals surface area contributed by atoms with Crippen molar-refractivity contribution in [3.05, 3.63) is 22.9 Å². The molecule has 0 spiro atoms. The lowest BCUT2D eigenvalue weighted by molar-refractivity contribution is -0.0274. The zero-order valence-electron chi connectivity index (χ0n) is 13.8. The molecule has 6 nitrogen and oxygen atoms in total. The molecule has 2 saturated heterocycles. The molecule has 0 bridgehead atoms. The summed E-state index contributed by atoms with van der Waals surface area (Å²) in [4.78, 5) is 8.94. The van der Waals surface area contributed by atoms with Crippen molar-refractivity contribution in [2.45, 2.75) is 32.4 Å². The van der Waals surface area contributed by atoms with Crippen LogP contribution in [0.1, 0.15) is 23.2 Å². The summed E-state index contributed by atoms with van der Waals surface area (Å²) in [6, 6.07) is 4.37. The fourth-order valence-corrected chi connectivity index (χ4v) is 3.63. The van der Waals surface area contributed by atoms with Gasteiger partial charge in [0.15, 0.2) is 0 Å². The number of hydrogen-bond donors (Lipinski definition) is 1. The van der Waals surface area contributed by atoms with Gasteiger partial charge < -0.3 is 14.7 Å². The second-order valence-corrected chi connectivity index (χ2v) is 6.41.